The van der Waals surface area contributed by atoms with Crippen LogP contribution in [0.4, 0.5) is 0 Å². The molecule has 0 saturated carbocycles. The highest BCUT2D eigenvalue weighted by Crippen LogP contribution is 2.06. The fourth-order valence-corrected chi connectivity index (χ4v) is 1.27. The number of hydrogen-bond acceptors (Lipinski definition) is 3. The molecule has 0 radical (unpaired) electrons. The van der Waals surface area contributed by atoms with Crippen LogP contribution >= 0.6 is 0 Å². The van der Waals surface area contributed by atoms with Gasteiger partial charge in [0, 0.05) is 26.2 Å². The Bertz CT molecular complexity index is 168. The Kier molecular flexibility index (Phi) is 3.05. The molecule has 2 N–H and O–H groups in total. The van der Waals surface area contributed by atoms with E-state index in [2.05, 4.69) is 15.5 Å². The molecule has 4 heteroatoms. The number of nitrogens with zero attached hydrogens (tertiary/aromatic N) is 1. The monoisotopic (exact) mass is 171 g/mol. The molecule has 0 aromatic rings. The molecule has 1 heterocycles. The second-order valence-corrected chi connectivity index (χ2v) is 3.27. The molecule has 0 aromatic heterocycles. The molecule has 0 aliphatic carbocycles. The highest BCUT2D eigenvalue weighted by Gasteiger charge is 2.27. The van der Waals surface area contributed by atoms with Crippen molar-refractivity contribution in [2.45, 2.75) is 19.0 Å². The minimum Gasteiger partial charge on any atom is -0.358 e. The normalized spacial score (nSPS) is 20.3. The first-order valence-corrected chi connectivity index (χ1v) is 4.31. The van der Waals surface area contributed by atoms with Crippen LogP contribution in [-0.4, -0.2) is 50.1 Å². The van der Waals surface area contributed by atoms with E-state index in [-0.39, 0.29) is 11.9 Å². The van der Waals surface area contributed by atoms with Crippen LogP contribution in [0.25, 0.3) is 0 Å². The van der Waals surface area contributed by atoms with Crippen molar-refractivity contribution in [3.05, 3.63) is 0 Å². The quantitative estimate of drug-likeness (QED) is 0.574. The molecule has 4 nitrogen and oxygen atoms in total. The average molecular weight is 171 g/mol. The van der Waals surface area contributed by atoms with Crippen molar-refractivity contribution in [3.63, 3.8) is 0 Å². The summed E-state index contributed by atoms with van der Waals surface area (Å²) in [7, 11) is 3.66. The fourth-order valence-electron chi connectivity index (χ4n) is 1.27. The first-order valence-electron chi connectivity index (χ1n) is 4.31. The van der Waals surface area contributed by atoms with Gasteiger partial charge in [0.05, 0.1) is 6.04 Å². The van der Waals surface area contributed by atoms with E-state index in [9.17, 15) is 4.79 Å². The zero-order valence-electron chi connectivity index (χ0n) is 7.92. The summed E-state index contributed by atoms with van der Waals surface area (Å²) in [6, 6.07) is 0.499. The second-order valence-electron chi connectivity index (χ2n) is 3.27. The van der Waals surface area contributed by atoms with Crippen LogP contribution in [-0.2, 0) is 4.79 Å². The van der Waals surface area contributed by atoms with Crippen molar-refractivity contribution >= 4 is 5.91 Å². The summed E-state index contributed by atoms with van der Waals surface area (Å²) in [5.41, 5.74) is 0. The van der Waals surface area contributed by atoms with Gasteiger partial charge in [-0.1, -0.05) is 0 Å². The Morgan fingerprint density at radius 1 is 1.67 bits per heavy atom. The molecule has 1 saturated heterocycles. The van der Waals surface area contributed by atoms with Crippen molar-refractivity contribution in [1.82, 2.24) is 15.5 Å². The van der Waals surface area contributed by atoms with Gasteiger partial charge in [0.2, 0.25) is 5.91 Å². The van der Waals surface area contributed by atoms with Gasteiger partial charge in [-0.2, -0.15) is 0 Å². The Morgan fingerprint density at radius 3 is 2.58 bits per heavy atom. The van der Waals surface area contributed by atoms with Crippen molar-refractivity contribution < 1.29 is 4.79 Å². The van der Waals surface area contributed by atoms with Gasteiger partial charge in [0.25, 0.3) is 0 Å². The predicted molar refractivity (Wildman–Crippen MR) is 47.9 cm³/mol. The van der Waals surface area contributed by atoms with Gasteiger partial charge in [0.15, 0.2) is 0 Å². The van der Waals surface area contributed by atoms with Crippen LogP contribution in [0, 0.1) is 0 Å². The highest BCUT2D eigenvalue weighted by atomic mass is 16.2. The Balaban J connectivity index is 2.39. The van der Waals surface area contributed by atoms with Gasteiger partial charge >= 0.3 is 0 Å². The van der Waals surface area contributed by atoms with Crippen LogP contribution in [0.15, 0.2) is 0 Å². The molecule has 0 bridgehead atoms. The smallest absolute Gasteiger partial charge is 0.236 e. The van der Waals surface area contributed by atoms with Gasteiger partial charge in [-0.05, 0) is 14.0 Å². The van der Waals surface area contributed by atoms with Crippen LogP contribution in [0.5, 0.6) is 0 Å². The summed E-state index contributed by atoms with van der Waals surface area (Å²) < 4.78 is 0. The summed E-state index contributed by atoms with van der Waals surface area (Å²) >= 11 is 0. The minimum atomic E-state index is -0.0258. The summed E-state index contributed by atoms with van der Waals surface area (Å²) in [6.07, 6.45) is 0. The number of carbonyl (C=O) groups excluding carboxylic acids is 1. The third-order valence-corrected chi connectivity index (χ3v) is 2.57. The molecule has 0 aromatic carbocycles. The first kappa shape index (κ1) is 9.48. The number of amides is 1. The Morgan fingerprint density at radius 2 is 2.25 bits per heavy atom. The van der Waals surface area contributed by atoms with E-state index in [1.807, 2.05) is 14.0 Å². The topological polar surface area (TPSA) is 44.4 Å². The molecule has 12 heavy (non-hydrogen) atoms. The summed E-state index contributed by atoms with van der Waals surface area (Å²) in [5, 5.41) is 5.83. The molecule has 1 aliphatic rings. The molecule has 1 unspecified atom stereocenters. The zero-order valence-corrected chi connectivity index (χ0v) is 7.92. The predicted octanol–water partition coefficient (Wildman–Crippen LogP) is -0.975. The zero-order chi connectivity index (χ0) is 9.14. The number of carbonyl (C=O) groups is 1. The van der Waals surface area contributed by atoms with E-state index in [0.717, 1.165) is 13.1 Å². The van der Waals surface area contributed by atoms with E-state index in [1.165, 1.54) is 0 Å². The molecule has 0 spiro atoms. The van der Waals surface area contributed by atoms with Gasteiger partial charge in [-0.25, -0.2) is 0 Å². The molecule has 70 valence electrons. The van der Waals surface area contributed by atoms with E-state index < -0.39 is 0 Å². The van der Waals surface area contributed by atoms with Gasteiger partial charge in [0.1, 0.15) is 0 Å². The molecule has 1 fully saturated rings. The third-order valence-electron chi connectivity index (χ3n) is 2.57. The number of nitrogens with one attached hydrogen (secondary N) is 2. The standard InChI is InChI=1S/C8H17N3O/c1-6(8(12)9-2)11(3)7-4-10-5-7/h6-7,10H,4-5H2,1-3H3,(H,9,12). The lowest BCUT2D eigenvalue weighted by Crippen LogP contribution is -2.60. The maximum atomic E-state index is 11.2. The van der Waals surface area contributed by atoms with E-state index >= 15 is 0 Å². The van der Waals surface area contributed by atoms with Gasteiger partial charge in [-0.3, -0.25) is 9.69 Å². The summed E-state index contributed by atoms with van der Waals surface area (Å²) in [6.45, 7) is 3.92. The Hall–Kier alpha value is -0.610. The first-order chi connectivity index (χ1) is 5.66. The van der Waals surface area contributed by atoms with E-state index in [0.29, 0.717) is 6.04 Å². The van der Waals surface area contributed by atoms with Gasteiger partial charge < -0.3 is 10.6 Å². The molecule has 1 amide bonds. The van der Waals surface area contributed by atoms with Crippen molar-refractivity contribution in [2.24, 2.45) is 0 Å². The largest absolute Gasteiger partial charge is 0.358 e. The lowest BCUT2D eigenvalue weighted by Gasteiger charge is -2.38. The van der Waals surface area contributed by atoms with Crippen LogP contribution in [0.3, 0.4) is 0 Å². The van der Waals surface area contributed by atoms with Crippen molar-refractivity contribution in [3.8, 4) is 0 Å². The SMILES string of the molecule is CNC(=O)C(C)N(C)C1CNC1. The second kappa shape index (κ2) is 3.87. The highest BCUT2D eigenvalue weighted by molar-refractivity contribution is 5.80. The van der Waals surface area contributed by atoms with Crippen LogP contribution in [0.1, 0.15) is 6.92 Å². The number of likely N-dealkylation sites (N-methyl/N-ethyl adjacent to an activating group) is 2. The third kappa shape index (κ3) is 1.76. The van der Waals surface area contributed by atoms with Crippen LogP contribution < -0.4 is 10.6 Å². The maximum absolute atomic E-state index is 11.2. The lowest BCUT2D eigenvalue weighted by molar-refractivity contribution is -0.126. The molecule has 1 aliphatic heterocycles. The van der Waals surface area contributed by atoms with E-state index in [1.54, 1.807) is 7.05 Å². The van der Waals surface area contributed by atoms with E-state index in [4.69, 9.17) is 0 Å². The average Bonchev–Trinajstić information content (AvgIpc) is 1.98. The fraction of sp³-hybridized carbons (Fsp3) is 0.875. The summed E-state index contributed by atoms with van der Waals surface area (Å²) in [5.74, 6) is 0.0874. The lowest BCUT2D eigenvalue weighted by atomic mass is 10.1. The van der Waals surface area contributed by atoms with Crippen molar-refractivity contribution in [1.29, 1.82) is 0 Å². The Labute approximate surface area is 73.3 Å². The number of hydrogen-bond donors (Lipinski definition) is 2. The van der Waals surface area contributed by atoms with Gasteiger partial charge in [-0.15, -0.1) is 0 Å². The summed E-state index contributed by atoms with van der Waals surface area (Å²) in [4.78, 5) is 13.3. The molecular formula is C8H17N3O. The molecule has 1 rings (SSSR count). The number of rotatable bonds is 3. The molecule has 1 atom stereocenters. The maximum Gasteiger partial charge on any atom is 0.236 e. The molecular weight excluding hydrogens is 154 g/mol. The van der Waals surface area contributed by atoms with Crippen LogP contribution in [0.2, 0.25) is 0 Å². The minimum absolute atomic E-state index is 0.0258. The van der Waals surface area contributed by atoms with Crippen molar-refractivity contribution in [2.75, 3.05) is 27.2 Å².